The topological polar surface area (TPSA) is 66.8 Å². The summed E-state index contributed by atoms with van der Waals surface area (Å²) >= 11 is 0. The number of nitrogens with one attached hydrogen (secondary N) is 1. The third-order valence-electron chi connectivity index (χ3n) is 4.27. The zero-order valence-corrected chi connectivity index (χ0v) is 14.9. The molecule has 1 saturated heterocycles. The standard InChI is InChI=1S/C18H26N4O2/c1-12-15-8-14(9-20-16(15)10-19-12)21-13-6-5-7-22(11-13)17(23)24-18(2,3)4/h8-9,13,21H,5-7,10-11H2,1-4H3. The summed E-state index contributed by atoms with van der Waals surface area (Å²) in [5.74, 6) is 0. The largest absolute Gasteiger partial charge is 0.444 e. The maximum absolute atomic E-state index is 12.3. The third-order valence-corrected chi connectivity index (χ3v) is 4.27. The normalized spacial score (nSPS) is 20.4. The summed E-state index contributed by atoms with van der Waals surface area (Å²) in [5.41, 5.74) is 3.73. The number of aliphatic imine (C=N–C) groups is 1. The van der Waals surface area contributed by atoms with Crippen molar-refractivity contribution in [3.63, 3.8) is 0 Å². The number of pyridine rings is 1. The highest BCUT2D eigenvalue weighted by Gasteiger charge is 2.27. The number of hydrogen-bond acceptors (Lipinski definition) is 5. The Hall–Kier alpha value is -2.11. The number of anilines is 1. The summed E-state index contributed by atoms with van der Waals surface area (Å²) in [4.78, 5) is 23.0. The first-order valence-electron chi connectivity index (χ1n) is 8.56. The molecule has 1 aromatic heterocycles. The van der Waals surface area contributed by atoms with Gasteiger partial charge in [0.2, 0.25) is 0 Å². The van der Waals surface area contributed by atoms with Crippen molar-refractivity contribution in [2.75, 3.05) is 18.4 Å². The molecule has 1 fully saturated rings. The van der Waals surface area contributed by atoms with Crippen molar-refractivity contribution < 1.29 is 9.53 Å². The fraction of sp³-hybridized carbons (Fsp3) is 0.611. The van der Waals surface area contributed by atoms with Gasteiger partial charge in [-0.2, -0.15) is 0 Å². The summed E-state index contributed by atoms with van der Waals surface area (Å²) in [6.07, 6.45) is 3.63. The van der Waals surface area contributed by atoms with Gasteiger partial charge in [-0.05, 0) is 46.6 Å². The lowest BCUT2D eigenvalue weighted by molar-refractivity contribution is 0.0206. The Balaban J connectivity index is 1.63. The number of amides is 1. The van der Waals surface area contributed by atoms with Crippen LogP contribution in [0.3, 0.4) is 0 Å². The molecule has 6 heteroatoms. The number of likely N-dealkylation sites (tertiary alicyclic amines) is 1. The van der Waals surface area contributed by atoms with Crippen molar-refractivity contribution in [3.05, 3.63) is 23.5 Å². The molecule has 0 saturated carbocycles. The van der Waals surface area contributed by atoms with E-state index in [2.05, 4.69) is 21.4 Å². The summed E-state index contributed by atoms with van der Waals surface area (Å²) < 4.78 is 5.48. The zero-order valence-electron chi connectivity index (χ0n) is 14.9. The van der Waals surface area contributed by atoms with Gasteiger partial charge in [0, 0.05) is 30.4 Å². The number of hydrogen-bond donors (Lipinski definition) is 1. The molecule has 1 amide bonds. The SMILES string of the molecule is CC1=NCc2ncc(NC3CCCN(C(=O)OC(C)(C)C)C3)cc21. The second-order valence-corrected chi connectivity index (χ2v) is 7.53. The first kappa shape index (κ1) is 16.7. The van der Waals surface area contributed by atoms with E-state index in [-0.39, 0.29) is 12.1 Å². The van der Waals surface area contributed by atoms with Crippen molar-refractivity contribution in [3.8, 4) is 0 Å². The molecule has 3 heterocycles. The van der Waals surface area contributed by atoms with E-state index in [0.717, 1.165) is 42.0 Å². The molecule has 1 N–H and O–H groups in total. The highest BCUT2D eigenvalue weighted by Crippen LogP contribution is 2.23. The van der Waals surface area contributed by atoms with Gasteiger partial charge in [-0.25, -0.2) is 4.79 Å². The fourth-order valence-corrected chi connectivity index (χ4v) is 3.11. The molecule has 130 valence electrons. The first-order valence-corrected chi connectivity index (χ1v) is 8.56. The molecule has 1 atom stereocenters. The summed E-state index contributed by atoms with van der Waals surface area (Å²) in [5, 5.41) is 3.51. The Morgan fingerprint density at radius 1 is 1.42 bits per heavy atom. The van der Waals surface area contributed by atoms with Crippen molar-refractivity contribution in [1.82, 2.24) is 9.88 Å². The van der Waals surface area contributed by atoms with Gasteiger partial charge in [-0.15, -0.1) is 0 Å². The number of ether oxygens (including phenoxy) is 1. The van der Waals surface area contributed by atoms with Crippen LogP contribution in [-0.4, -0.2) is 46.4 Å². The Bertz CT molecular complexity index is 663. The molecule has 6 nitrogen and oxygen atoms in total. The van der Waals surface area contributed by atoms with Gasteiger partial charge < -0.3 is 15.0 Å². The van der Waals surface area contributed by atoms with Gasteiger partial charge in [0.1, 0.15) is 5.60 Å². The van der Waals surface area contributed by atoms with Crippen LogP contribution in [0.4, 0.5) is 10.5 Å². The summed E-state index contributed by atoms with van der Waals surface area (Å²) in [6.45, 7) is 9.78. The van der Waals surface area contributed by atoms with Gasteiger partial charge in [-0.1, -0.05) is 0 Å². The monoisotopic (exact) mass is 330 g/mol. The molecule has 0 aromatic carbocycles. The molecule has 0 aliphatic carbocycles. The van der Waals surface area contributed by atoms with E-state index >= 15 is 0 Å². The highest BCUT2D eigenvalue weighted by atomic mass is 16.6. The predicted molar refractivity (Wildman–Crippen MR) is 94.6 cm³/mol. The van der Waals surface area contributed by atoms with Crippen molar-refractivity contribution in [2.24, 2.45) is 4.99 Å². The summed E-state index contributed by atoms with van der Waals surface area (Å²) in [6, 6.07) is 2.32. The molecular weight excluding hydrogens is 304 g/mol. The van der Waals surface area contributed by atoms with Crippen LogP contribution in [0, 0.1) is 0 Å². The smallest absolute Gasteiger partial charge is 0.410 e. The molecule has 0 radical (unpaired) electrons. The minimum atomic E-state index is -0.460. The molecule has 3 rings (SSSR count). The maximum atomic E-state index is 12.3. The van der Waals surface area contributed by atoms with E-state index in [1.54, 1.807) is 4.90 Å². The van der Waals surface area contributed by atoms with E-state index in [9.17, 15) is 4.79 Å². The number of aromatic nitrogens is 1. The molecular formula is C18H26N4O2. The number of carbonyl (C=O) groups is 1. The number of carbonyl (C=O) groups excluding carboxylic acids is 1. The minimum absolute atomic E-state index is 0.213. The predicted octanol–water partition coefficient (Wildman–Crippen LogP) is 3.22. The first-order chi connectivity index (χ1) is 11.3. The van der Waals surface area contributed by atoms with Crippen molar-refractivity contribution in [2.45, 2.75) is 58.7 Å². The Labute approximate surface area is 143 Å². The highest BCUT2D eigenvalue weighted by molar-refractivity contribution is 6.02. The van der Waals surface area contributed by atoms with Crippen LogP contribution in [0.1, 0.15) is 51.8 Å². The van der Waals surface area contributed by atoms with E-state index in [1.807, 2.05) is 33.9 Å². The summed E-state index contributed by atoms with van der Waals surface area (Å²) in [7, 11) is 0. The number of piperidine rings is 1. The fourth-order valence-electron chi connectivity index (χ4n) is 3.11. The van der Waals surface area contributed by atoms with E-state index < -0.39 is 5.60 Å². The molecule has 0 bridgehead atoms. The lowest BCUT2D eigenvalue weighted by atomic mass is 10.1. The maximum Gasteiger partial charge on any atom is 0.410 e. The quantitative estimate of drug-likeness (QED) is 0.904. The second kappa shape index (κ2) is 6.42. The average Bonchev–Trinajstić information content (AvgIpc) is 2.87. The van der Waals surface area contributed by atoms with E-state index in [1.165, 1.54) is 0 Å². The van der Waals surface area contributed by atoms with Crippen LogP contribution >= 0.6 is 0 Å². The lowest BCUT2D eigenvalue weighted by Gasteiger charge is -2.34. The van der Waals surface area contributed by atoms with Gasteiger partial charge in [0.15, 0.2) is 0 Å². The van der Waals surface area contributed by atoms with Gasteiger partial charge in [0.05, 0.1) is 24.1 Å². The Kier molecular flexibility index (Phi) is 4.47. The van der Waals surface area contributed by atoms with Gasteiger partial charge in [0.25, 0.3) is 0 Å². The van der Waals surface area contributed by atoms with E-state index in [4.69, 9.17) is 4.74 Å². The Morgan fingerprint density at radius 2 is 2.21 bits per heavy atom. The number of fused-ring (bicyclic) bond motifs is 1. The van der Waals surface area contributed by atoms with Crippen LogP contribution in [0.5, 0.6) is 0 Å². The van der Waals surface area contributed by atoms with Crippen LogP contribution in [0.15, 0.2) is 17.3 Å². The molecule has 2 aliphatic heterocycles. The molecule has 0 spiro atoms. The second-order valence-electron chi connectivity index (χ2n) is 7.53. The lowest BCUT2D eigenvalue weighted by Crippen LogP contribution is -2.47. The Morgan fingerprint density at radius 3 is 2.96 bits per heavy atom. The van der Waals surface area contributed by atoms with Crippen molar-refractivity contribution in [1.29, 1.82) is 0 Å². The molecule has 1 unspecified atom stereocenters. The zero-order chi connectivity index (χ0) is 17.3. The van der Waals surface area contributed by atoms with Crippen LogP contribution in [0.2, 0.25) is 0 Å². The number of rotatable bonds is 2. The molecule has 1 aromatic rings. The molecule has 24 heavy (non-hydrogen) atoms. The van der Waals surface area contributed by atoms with Gasteiger partial charge in [-0.3, -0.25) is 9.98 Å². The molecule has 2 aliphatic rings. The van der Waals surface area contributed by atoms with Crippen LogP contribution in [-0.2, 0) is 11.3 Å². The third kappa shape index (κ3) is 3.86. The average molecular weight is 330 g/mol. The van der Waals surface area contributed by atoms with Crippen LogP contribution in [0.25, 0.3) is 0 Å². The van der Waals surface area contributed by atoms with Gasteiger partial charge >= 0.3 is 6.09 Å². The van der Waals surface area contributed by atoms with Crippen LogP contribution < -0.4 is 5.32 Å². The van der Waals surface area contributed by atoms with Crippen molar-refractivity contribution >= 4 is 17.5 Å². The minimum Gasteiger partial charge on any atom is -0.444 e. The number of nitrogens with zero attached hydrogens (tertiary/aromatic N) is 3. The van der Waals surface area contributed by atoms with E-state index in [0.29, 0.717) is 13.1 Å².